The number of thiophene rings is 1. The highest BCUT2D eigenvalue weighted by Crippen LogP contribution is 2.30. The van der Waals surface area contributed by atoms with Gasteiger partial charge in [0.25, 0.3) is 0 Å². The third kappa shape index (κ3) is 2.43. The van der Waals surface area contributed by atoms with Crippen LogP contribution in [0.5, 0.6) is 5.75 Å². The standard InChI is InChI=1S/C9H15NO2S/c1-10-7(6-11-2)9-8(12-3)4-5-13-9/h4-5,7,10H,6H2,1-3H3. The third-order valence-electron chi connectivity index (χ3n) is 1.88. The molecule has 1 N–H and O–H groups in total. The van der Waals surface area contributed by atoms with Crippen molar-refractivity contribution in [1.29, 1.82) is 0 Å². The van der Waals surface area contributed by atoms with Gasteiger partial charge in [0.15, 0.2) is 0 Å². The number of ether oxygens (including phenoxy) is 2. The molecule has 1 aromatic rings. The predicted molar refractivity (Wildman–Crippen MR) is 54.5 cm³/mol. The Bertz CT molecular complexity index is 250. The molecule has 1 rings (SSSR count). The average molecular weight is 201 g/mol. The quantitative estimate of drug-likeness (QED) is 0.786. The summed E-state index contributed by atoms with van der Waals surface area (Å²) >= 11 is 1.68. The molecule has 0 amide bonds. The summed E-state index contributed by atoms with van der Waals surface area (Å²) in [4.78, 5) is 1.19. The Morgan fingerprint density at radius 2 is 2.31 bits per heavy atom. The van der Waals surface area contributed by atoms with E-state index in [-0.39, 0.29) is 6.04 Å². The lowest BCUT2D eigenvalue weighted by atomic mass is 10.2. The van der Waals surface area contributed by atoms with Crippen LogP contribution in [0, 0.1) is 0 Å². The van der Waals surface area contributed by atoms with Gasteiger partial charge in [-0.15, -0.1) is 11.3 Å². The van der Waals surface area contributed by atoms with Crippen molar-refractivity contribution in [3.05, 3.63) is 16.3 Å². The normalized spacial score (nSPS) is 12.8. The van der Waals surface area contributed by atoms with Crippen LogP contribution >= 0.6 is 11.3 Å². The van der Waals surface area contributed by atoms with Gasteiger partial charge in [0.2, 0.25) is 0 Å². The maximum absolute atomic E-state index is 5.23. The summed E-state index contributed by atoms with van der Waals surface area (Å²) in [6.07, 6.45) is 0. The van der Waals surface area contributed by atoms with E-state index in [0.29, 0.717) is 6.61 Å². The molecule has 0 spiro atoms. The van der Waals surface area contributed by atoms with Crippen LogP contribution in [-0.4, -0.2) is 27.9 Å². The number of likely N-dealkylation sites (N-methyl/N-ethyl adjacent to an activating group) is 1. The van der Waals surface area contributed by atoms with Crippen molar-refractivity contribution in [2.75, 3.05) is 27.9 Å². The highest BCUT2D eigenvalue weighted by Gasteiger charge is 2.15. The van der Waals surface area contributed by atoms with Crippen molar-refractivity contribution < 1.29 is 9.47 Å². The van der Waals surface area contributed by atoms with E-state index in [4.69, 9.17) is 9.47 Å². The van der Waals surface area contributed by atoms with Gasteiger partial charge in [-0.2, -0.15) is 0 Å². The first kappa shape index (κ1) is 10.5. The second kappa shape index (κ2) is 5.21. The Hall–Kier alpha value is -0.580. The van der Waals surface area contributed by atoms with E-state index < -0.39 is 0 Å². The molecule has 74 valence electrons. The first-order chi connectivity index (χ1) is 6.33. The van der Waals surface area contributed by atoms with Gasteiger partial charge in [-0.3, -0.25) is 0 Å². The molecule has 4 heteroatoms. The molecule has 0 radical (unpaired) electrons. The molecular formula is C9H15NO2S. The zero-order valence-corrected chi connectivity index (χ0v) is 8.98. The van der Waals surface area contributed by atoms with E-state index in [0.717, 1.165) is 5.75 Å². The molecule has 0 aliphatic carbocycles. The Labute approximate surface area is 82.7 Å². The Kier molecular flexibility index (Phi) is 4.21. The molecule has 1 aromatic heterocycles. The van der Waals surface area contributed by atoms with Crippen molar-refractivity contribution in [1.82, 2.24) is 5.32 Å². The second-order valence-electron chi connectivity index (χ2n) is 2.65. The average Bonchev–Trinajstić information content (AvgIpc) is 2.61. The van der Waals surface area contributed by atoms with Crippen LogP contribution in [0.1, 0.15) is 10.9 Å². The first-order valence-electron chi connectivity index (χ1n) is 4.11. The number of nitrogens with one attached hydrogen (secondary N) is 1. The molecule has 1 atom stereocenters. The van der Waals surface area contributed by atoms with Crippen molar-refractivity contribution in [3.8, 4) is 5.75 Å². The lowest BCUT2D eigenvalue weighted by Crippen LogP contribution is -2.20. The summed E-state index contributed by atoms with van der Waals surface area (Å²) < 4.78 is 10.3. The zero-order valence-electron chi connectivity index (χ0n) is 8.16. The fourth-order valence-corrected chi connectivity index (χ4v) is 2.14. The molecular weight excluding hydrogens is 186 g/mol. The highest BCUT2D eigenvalue weighted by molar-refractivity contribution is 7.10. The maximum Gasteiger partial charge on any atom is 0.134 e. The lowest BCUT2D eigenvalue weighted by Gasteiger charge is -2.14. The van der Waals surface area contributed by atoms with Crippen molar-refractivity contribution >= 4 is 11.3 Å². The topological polar surface area (TPSA) is 30.5 Å². The molecule has 1 unspecified atom stereocenters. The molecule has 0 aliphatic heterocycles. The highest BCUT2D eigenvalue weighted by atomic mass is 32.1. The summed E-state index contributed by atoms with van der Waals surface area (Å²) in [6, 6.07) is 2.19. The van der Waals surface area contributed by atoms with Gasteiger partial charge in [-0.25, -0.2) is 0 Å². The minimum absolute atomic E-state index is 0.222. The van der Waals surface area contributed by atoms with Gasteiger partial charge in [0.1, 0.15) is 5.75 Å². The van der Waals surface area contributed by atoms with Crippen LogP contribution in [0.25, 0.3) is 0 Å². The van der Waals surface area contributed by atoms with E-state index in [1.807, 2.05) is 18.5 Å². The molecule has 1 heterocycles. The predicted octanol–water partition coefficient (Wildman–Crippen LogP) is 1.66. The minimum Gasteiger partial charge on any atom is -0.496 e. The van der Waals surface area contributed by atoms with Crippen molar-refractivity contribution in [2.45, 2.75) is 6.04 Å². The summed E-state index contributed by atoms with van der Waals surface area (Å²) in [5.41, 5.74) is 0. The monoisotopic (exact) mass is 201 g/mol. The summed E-state index contributed by atoms with van der Waals surface area (Å²) in [5.74, 6) is 0.932. The third-order valence-corrected chi connectivity index (χ3v) is 2.89. The Balaban J connectivity index is 2.77. The smallest absolute Gasteiger partial charge is 0.134 e. The minimum atomic E-state index is 0.222. The van der Waals surface area contributed by atoms with E-state index in [9.17, 15) is 0 Å². The van der Waals surface area contributed by atoms with Crippen LogP contribution in [0.15, 0.2) is 11.4 Å². The Morgan fingerprint density at radius 3 is 2.85 bits per heavy atom. The van der Waals surface area contributed by atoms with Crippen molar-refractivity contribution in [3.63, 3.8) is 0 Å². The largest absolute Gasteiger partial charge is 0.496 e. The number of methoxy groups -OCH3 is 2. The van der Waals surface area contributed by atoms with Crippen LogP contribution in [0.2, 0.25) is 0 Å². The fraction of sp³-hybridized carbons (Fsp3) is 0.556. The zero-order chi connectivity index (χ0) is 9.68. The molecule has 0 bridgehead atoms. The van der Waals surface area contributed by atoms with Gasteiger partial charge < -0.3 is 14.8 Å². The summed E-state index contributed by atoms with van der Waals surface area (Å²) in [6.45, 7) is 0.660. The molecule has 0 fully saturated rings. The summed E-state index contributed by atoms with van der Waals surface area (Å²) in [7, 11) is 5.30. The van der Waals surface area contributed by atoms with Crippen LogP contribution in [0.4, 0.5) is 0 Å². The molecule has 3 nitrogen and oxygen atoms in total. The van der Waals surface area contributed by atoms with Crippen LogP contribution in [0.3, 0.4) is 0 Å². The first-order valence-corrected chi connectivity index (χ1v) is 4.99. The Morgan fingerprint density at radius 1 is 1.54 bits per heavy atom. The van der Waals surface area contributed by atoms with Gasteiger partial charge in [-0.1, -0.05) is 0 Å². The SMILES string of the molecule is CNC(COC)c1sccc1OC. The van der Waals surface area contributed by atoms with E-state index >= 15 is 0 Å². The molecule has 13 heavy (non-hydrogen) atoms. The van der Waals surface area contributed by atoms with Crippen LogP contribution in [-0.2, 0) is 4.74 Å². The molecule has 0 aliphatic rings. The van der Waals surface area contributed by atoms with E-state index in [1.54, 1.807) is 25.6 Å². The van der Waals surface area contributed by atoms with Crippen molar-refractivity contribution in [2.24, 2.45) is 0 Å². The number of hydrogen-bond donors (Lipinski definition) is 1. The van der Waals surface area contributed by atoms with E-state index in [2.05, 4.69) is 5.32 Å². The number of hydrogen-bond acceptors (Lipinski definition) is 4. The molecule has 0 aromatic carbocycles. The van der Waals surface area contributed by atoms with Gasteiger partial charge >= 0.3 is 0 Å². The maximum atomic E-state index is 5.23. The van der Waals surface area contributed by atoms with Gasteiger partial charge in [-0.05, 0) is 18.5 Å². The fourth-order valence-electron chi connectivity index (χ4n) is 1.19. The van der Waals surface area contributed by atoms with E-state index in [1.165, 1.54) is 4.88 Å². The molecule has 0 saturated carbocycles. The van der Waals surface area contributed by atoms with Crippen LogP contribution < -0.4 is 10.1 Å². The van der Waals surface area contributed by atoms with Gasteiger partial charge in [0.05, 0.1) is 24.6 Å². The number of rotatable bonds is 5. The summed E-state index contributed by atoms with van der Waals surface area (Å²) in [5, 5.41) is 5.21. The second-order valence-corrected chi connectivity index (χ2v) is 3.60. The molecule has 0 saturated heterocycles. The lowest BCUT2D eigenvalue weighted by molar-refractivity contribution is 0.170. The van der Waals surface area contributed by atoms with Gasteiger partial charge in [0, 0.05) is 7.11 Å².